The SMILES string of the molecule is Cc1ccccc1CCNC(=O)C(C)N1C[C@@H](CN)[C@H](c2ccccc2)C1. The molecule has 1 aliphatic rings. The molecule has 3 atom stereocenters. The van der Waals surface area contributed by atoms with E-state index in [0.29, 0.717) is 24.9 Å². The van der Waals surface area contributed by atoms with E-state index in [9.17, 15) is 4.79 Å². The number of rotatable bonds is 7. The van der Waals surface area contributed by atoms with Crippen molar-refractivity contribution in [1.29, 1.82) is 0 Å². The monoisotopic (exact) mass is 365 g/mol. The molecule has 0 aliphatic carbocycles. The van der Waals surface area contributed by atoms with Crippen LogP contribution in [0.5, 0.6) is 0 Å². The van der Waals surface area contributed by atoms with Gasteiger partial charge in [-0.3, -0.25) is 9.69 Å². The first-order valence-corrected chi connectivity index (χ1v) is 9.91. The Morgan fingerprint density at radius 2 is 1.85 bits per heavy atom. The second-order valence-electron chi connectivity index (χ2n) is 7.61. The fourth-order valence-corrected chi connectivity index (χ4v) is 4.06. The number of carbonyl (C=O) groups excluding carboxylic acids is 1. The molecule has 0 radical (unpaired) electrons. The van der Waals surface area contributed by atoms with E-state index in [2.05, 4.69) is 53.5 Å². The maximum Gasteiger partial charge on any atom is 0.237 e. The number of amides is 1. The Morgan fingerprint density at radius 1 is 1.15 bits per heavy atom. The predicted molar refractivity (Wildman–Crippen MR) is 111 cm³/mol. The fraction of sp³-hybridized carbons (Fsp3) is 0.435. The third-order valence-electron chi connectivity index (χ3n) is 5.88. The van der Waals surface area contributed by atoms with Crippen molar-refractivity contribution in [2.45, 2.75) is 32.2 Å². The third kappa shape index (κ3) is 4.76. The number of aryl methyl sites for hydroxylation is 1. The maximum absolute atomic E-state index is 12.7. The molecule has 4 heteroatoms. The lowest BCUT2D eigenvalue weighted by molar-refractivity contribution is -0.125. The summed E-state index contributed by atoms with van der Waals surface area (Å²) in [6.07, 6.45) is 0.864. The predicted octanol–water partition coefficient (Wildman–Crippen LogP) is 2.72. The zero-order valence-corrected chi connectivity index (χ0v) is 16.4. The molecule has 144 valence electrons. The van der Waals surface area contributed by atoms with Crippen molar-refractivity contribution in [3.63, 3.8) is 0 Å². The molecule has 27 heavy (non-hydrogen) atoms. The molecule has 0 bridgehead atoms. The Kier molecular flexibility index (Phi) is 6.64. The second-order valence-corrected chi connectivity index (χ2v) is 7.61. The van der Waals surface area contributed by atoms with Crippen LogP contribution in [0.2, 0.25) is 0 Å². The van der Waals surface area contributed by atoms with E-state index in [-0.39, 0.29) is 11.9 Å². The van der Waals surface area contributed by atoms with E-state index in [1.165, 1.54) is 16.7 Å². The molecule has 1 saturated heterocycles. The highest BCUT2D eigenvalue weighted by molar-refractivity contribution is 5.81. The minimum absolute atomic E-state index is 0.105. The second kappa shape index (κ2) is 9.16. The third-order valence-corrected chi connectivity index (χ3v) is 5.88. The molecule has 1 fully saturated rings. The van der Waals surface area contributed by atoms with Gasteiger partial charge in [-0.05, 0) is 49.4 Å². The highest BCUT2D eigenvalue weighted by Crippen LogP contribution is 2.33. The van der Waals surface area contributed by atoms with Crippen LogP contribution in [0.1, 0.15) is 29.5 Å². The molecule has 2 aromatic carbocycles. The summed E-state index contributed by atoms with van der Waals surface area (Å²) in [6.45, 7) is 7.20. The van der Waals surface area contributed by atoms with Crippen LogP contribution in [0.4, 0.5) is 0 Å². The number of hydrogen-bond acceptors (Lipinski definition) is 3. The van der Waals surface area contributed by atoms with Crippen molar-refractivity contribution in [3.05, 3.63) is 71.3 Å². The summed E-state index contributed by atoms with van der Waals surface area (Å²) in [5.41, 5.74) is 9.92. The van der Waals surface area contributed by atoms with Crippen LogP contribution in [0, 0.1) is 12.8 Å². The van der Waals surface area contributed by atoms with Crippen molar-refractivity contribution in [3.8, 4) is 0 Å². The summed E-state index contributed by atoms with van der Waals surface area (Å²) in [7, 11) is 0. The molecule has 1 aliphatic heterocycles. The number of likely N-dealkylation sites (tertiary alicyclic amines) is 1. The van der Waals surface area contributed by atoms with Crippen LogP contribution in [-0.2, 0) is 11.2 Å². The van der Waals surface area contributed by atoms with Gasteiger partial charge >= 0.3 is 0 Å². The Balaban J connectivity index is 1.54. The van der Waals surface area contributed by atoms with Crippen LogP contribution in [0.15, 0.2) is 54.6 Å². The number of nitrogens with one attached hydrogen (secondary N) is 1. The number of nitrogens with zero attached hydrogens (tertiary/aromatic N) is 1. The first kappa shape index (κ1) is 19.6. The van der Waals surface area contributed by atoms with Gasteiger partial charge in [-0.1, -0.05) is 54.6 Å². The Morgan fingerprint density at radius 3 is 2.56 bits per heavy atom. The molecular weight excluding hydrogens is 334 g/mol. The van der Waals surface area contributed by atoms with Crippen LogP contribution in [0.3, 0.4) is 0 Å². The Hall–Kier alpha value is -2.17. The lowest BCUT2D eigenvalue weighted by Gasteiger charge is -2.23. The van der Waals surface area contributed by atoms with Crippen molar-refractivity contribution in [1.82, 2.24) is 10.2 Å². The van der Waals surface area contributed by atoms with Crippen LogP contribution in [-0.4, -0.2) is 43.0 Å². The summed E-state index contributed by atoms with van der Waals surface area (Å²) in [4.78, 5) is 14.9. The lowest BCUT2D eigenvalue weighted by atomic mass is 9.89. The smallest absolute Gasteiger partial charge is 0.237 e. The Labute approximate surface area is 162 Å². The zero-order chi connectivity index (χ0) is 19.2. The normalized spacial score (nSPS) is 21.1. The Bertz CT molecular complexity index is 746. The van der Waals surface area contributed by atoms with Gasteiger partial charge in [0.05, 0.1) is 6.04 Å². The molecule has 0 saturated carbocycles. The molecule has 2 aromatic rings. The van der Waals surface area contributed by atoms with E-state index < -0.39 is 0 Å². The molecular formula is C23H31N3O. The largest absolute Gasteiger partial charge is 0.354 e. The summed E-state index contributed by atoms with van der Waals surface area (Å²) >= 11 is 0. The average Bonchev–Trinajstić information content (AvgIpc) is 3.14. The fourth-order valence-electron chi connectivity index (χ4n) is 4.06. The number of nitrogens with two attached hydrogens (primary N) is 1. The van der Waals surface area contributed by atoms with E-state index in [0.717, 1.165) is 19.5 Å². The molecule has 1 amide bonds. The minimum Gasteiger partial charge on any atom is -0.354 e. The van der Waals surface area contributed by atoms with Gasteiger partial charge in [-0.25, -0.2) is 0 Å². The van der Waals surface area contributed by atoms with Crippen molar-refractivity contribution >= 4 is 5.91 Å². The van der Waals surface area contributed by atoms with Crippen molar-refractivity contribution in [2.24, 2.45) is 11.7 Å². The van der Waals surface area contributed by atoms with Gasteiger partial charge in [0.15, 0.2) is 0 Å². The van der Waals surface area contributed by atoms with Gasteiger partial charge in [0.25, 0.3) is 0 Å². The standard InChI is InChI=1S/C23H31N3O/c1-17-8-6-7-9-19(17)12-13-25-23(27)18(2)26-15-21(14-24)22(16-26)20-10-4-3-5-11-20/h3-11,18,21-22H,12-16,24H2,1-2H3,(H,25,27)/t18?,21-,22+/m1/s1. The highest BCUT2D eigenvalue weighted by Gasteiger charge is 2.36. The number of hydrogen-bond donors (Lipinski definition) is 2. The molecule has 1 unspecified atom stereocenters. The van der Waals surface area contributed by atoms with Gasteiger partial charge in [-0.15, -0.1) is 0 Å². The van der Waals surface area contributed by atoms with E-state index in [1.807, 2.05) is 25.1 Å². The molecule has 4 nitrogen and oxygen atoms in total. The highest BCUT2D eigenvalue weighted by atomic mass is 16.2. The number of benzene rings is 2. The van der Waals surface area contributed by atoms with E-state index >= 15 is 0 Å². The van der Waals surface area contributed by atoms with Crippen LogP contribution >= 0.6 is 0 Å². The van der Waals surface area contributed by atoms with Crippen molar-refractivity contribution < 1.29 is 4.79 Å². The van der Waals surface area contributed by atoms with Gasteiger partial charge in [0, 0.05) is 25.6 Å². The summed E-state index contributed by atoms with van der Waals surface area (Å²) < 4.78 is 0. The summed E-state index contributed by atoms with van der Waals surface area (Å²) in [5, 5.41) is 3.11. The molecule has 3 rings (SSSR count). The van der Waals surface area contributed by atoms with E-state index in [1.54, 1.807) is 0 Å². The van der Waals surface area contributed by atoms with Gasteiger partial charge in [-0.2, -0.15) is 0 Å². The van der Waals surface area contributed by atoms with Crippen LogP contribution in [0.25, 0.3) is 0 Å². The topological polar surface area (TPSA) is 58.4 Å². The van der Waals surface area contributed by atoms with Gasteiger partial charge < -0.3 is 11.1 Å². The first-order valence-electron chi connectivity index (χ1n) is 9.91. The van der Waals surface area contributed by atoms with E-state index in [4.69, 9.17) is 5.73 Å². The average molecular weight is 366 g/mol. The molecule has 0 aromatic heterocycles. The maximum atomic E-state index is 12.7. The van der Waals surface area contributed by atoms with Gasteiger partial charge in [0.1, 0.15) is 0 Å². The summed E-state index contributed by atoms with van der Waals surface area (Å²) in [6, 6.07) is 18.7. The number of carbonyl (C=O) groups is 1. The van der Waals surface area contributed by atoms with Gasteiger partial charge in [0.2, 0.25) is 5.91 Å². The lowest BCUT2D eigenvalue weighted by Crippen LogP contribution is -2.45. The quantitative estimate of drug-likeness (QED) is 0.793. The minimum atomic E-state index is -0.135. The molecule has 1 heterocycles. The molecule has 0 spiro atoms. The zero-order valence-electron chi connectivity index (χ0n) is 16.4. The van der Waals surface area contributed by atoms with Crippen LogP contribution < -0.4 is 11.1 Å². The van der Waals surface area contributed by atoms with Crippen molar-refractivity contribution in [2.75, 3.05) is 26.2 Å². The summed E-state index contributed by atoms with van der Waals surface area (Å²) in [5.74, 6) is 0.904. The molecule has 3 N–H and O–H groups in total. The first-order chi connectivity index (χ1) is 13.1.